The molecule has 0 aromatic heterocycles. The molecule has 21 heavy (non-hydrogen) atoms. The van der Waals surface area contributed by atoms with Crippen LogP contribution in [-0.4, -0.2) is 33.7 Å². The van der Waals surface area contributed by atoms with Crippen molar-refractivity contribution in [3.05, 3.63) is 71.8 Å². The summed E-state index contributed by atoms with van der Waals surface area (Å²) in [4.78, 5) is 12.8. The molecule has 0 aliphatic carbocycles. The van der Waals surface area contributed by atoms with E-state index in [1.165, 1.54) is 0 Å². The van der Waals surface area contributed by atoms with E-state index >= 15 is 0 Å². The molecule has 110 valence electrons. The highest BCUT2D eigenvalue weighted by molar-refractivity contribution is 5.72. The normalized spacial score (nSPS) is 12.3. The number of carboxylic acids is 1. The number of aliphatic hydroxyl groups excluding tert-OH is 1. The van der Waals surface area contributed by atoms with Gasteiger partial charge >= 0.3 is 5.97 Å². The Bertz CT molecular complexity index is 515. The van der Waals surface area contributed by atoms with Crippen LogP contribution in [0.25, 0.3) is 0 Å². The van der Waals surface area contributed by atoms with Crippen LogP contribution in [0.1, 0.15) is 11.1 Å². The monoisotopic (exact) mass is 285 g/mol. The van der Waals surface area contributed by atoms with Crippen molar-refractivity contribution < 1.29 is 15.0 Å². The molecule has 0 aliphatic heterocycles. The number of rotatable bonds is 7. The molecule has 0 fully saturated rings. The summed E-state index contributed by atoms with van der Waals surface area (Å²) in [5.41, 5.74) is 2.18. The Hall–Kier alpha value is -2.17. The van der Waals surface area contributed by atoms with Gasteiger partial charge in [0.2, 0.25) is 0 Å². The summed E-state index contributed by atoms with van der Waals surface area (Å²) >= 11 is 0. The molecule has 0 spiro atoms. The zero-order valence-electron chi connectivity index (χ0n) is 11.7. The molecule has 1 atom stereocenters. The second-order valence-electron chi connectivity index (χ2n) is 4.99. The molecule has 0 radical (unpaired) electrons. The summed E-state index contributed by atoms with van der Waals surface area (Å²) in [6.07, 6.45) is -1.38. The lowest BCUT2D eigenvalue weighted by Gasteiger charge is -2.24. The highest BCUT2D eigenvalue weighted by Crippen LogP contribution is 2.10. The predicted molar refractivity (Wildman–Crippen MR) is 80.6 cm³/mol. The number of carbonyl (C=O) groups is 1. The number of hydrogen-bond donors (Lipinski definition) is 2. The average Bonchev–Trinajstić information content (AvgIpc) is 2.49. The van der Waals surface area contributed by atoms with E-state index in [1.54, 1.807) is 0 Å². The molecule has 4 heteroatoms. The smallest absolute Gasteiger partial charge is 0.333 e. The molecule has 2 N–H and O–H groups in total. The van der Waals surface area contributed by atoms with E-state index in [0.29, 0.717) is 13.1 Å². The van der Waals surface area contributed by atoms with Gasteiger partial charge in [-0.3, -0.25) is 4.90 Å². The lowest BCUT2D eigenvalue weighted by molar-refractivity contribution is -0.147. The number of aliphatic hydroxyl groups is 1. The highest BCUT2D eigenvalue weighted by Gasteiger charge is 2.18. The fourth-order valence-corrected chi connectivity index (χ4v) is 2.19. The predicted octanol–water partition coefficient (Wildman–Crippen LogP) is 2.13. The van der Waals surface area contributed by atoms with Crippen LogP contribution in [-0.2, 0) is 17.9 Å². The number of hydrogen-bond acceptors (Lipinski definition) is 3. The van der Waals surface area contributed by atoms with Gasteiger partial charge in [-0.1, -0.05) is 60.7 Å². The Balaban J connectivity index is 2.08. The van der Waals surface area contributed by atoms with Crippen molar-refractivity contribution in [1.82, 2.24) is 4.90 Å². The summed E-state index contributed by atoms with van der Waals surface area (Å²) in [6.45, 7) is 1.29. The maximum Gasteiger partial charge on any atom is 0.333 e. The number of carboxylic acid groups (broad SMARTS) is 1. The summed E-state index contributed by atoms with van der Waals surface area (Å²) in [5.74, 6) is -1.19. The summed E-state index contributed by atoms with van der Waals surface area (Å²) in [6, 6.07) is 19.6. The van der Waals surface area contributed by atoms with Crippen LogP contribution in [0.3, 0.4) is 0 Å². The van der Waals surface area contributed by atoms with Gasteiger partial charge in [0, 0.05) is 19.6 Å². The summed E-state index contributed by atoms with van der Waals surface area (Å²) in [7, 11) is 0. The second-order valence-corrected chi connectivity index (χ2v) is 4.99. The van der Waals surface area contributed by atoms with Gasteiger partial charge in [0.05, 0.1) is 0 Å². The van der Waals surface area contributed by atoms with Crippen LogP contribution in [0.5, 0.6) is 0 Å². The van der Waals surface area contributed by atoms with E-state index in [2.05, 4.69) is 0 Å². The lowest BCUT2D eigenvalue weighted by atomic mass is 10.1. The van der Waals surface area contributed by atoms with Crippen molar-refractivity contribution in [2.45, 2.75) is 19.2 Å². The molecular weight excluding hydrogens is 266 g/mol. The molecule has 0 saturated heterocycles. The van der Waals surface area contributed by atoms with Gasteiger partial charge in [0.15, 0.2) is 6.10 Å². The van der Waals surface area contributed by atoms with Crippen molar-refractivity contribution >= 4 is 5.97 Å². The zero-order valence-corrected chi connectivity index (χ0v) is 11.7. The molecule has 2 aromatic rings. The Morgan fingerprint density at radius 2 is 1.33 bits per heavy atom. The third-order valence-electron chi connectivity index (χ3n) is 3.21. The minimum absolute atomic E-state index is 0.0964. The molecule has 4 nitrogen and oxygen atoms in total. The van der Waals surface area contributed by atoms with Gasteiger partial charge in [-0.05, 0) is 11.1 Å². The van der Waals surface area contributed by atoms with Gasteiger partial charge in [-0.25, -0.2) is 4.79 Å². The minimum atomic E-state index is -1.38. The number of nitrogens with zero attached hydrogens (tertiary/aromatic N) is 1. The van der Waals surface area contributed by atoms with E-state index < -0.39 is 12.1 Å². The molecule has 0 aliphatic rings. The van der Waals surface area contributed by atoms with Gasteiger partial charge in [0.1, 0.15) is 0 Å². The molecular formula is C17H19NO3. The Morgan fingerprint density at radius 1 is 0.905 bits per heavy atom. The SMILES string of the molecule is O=C(O)[C@@H](O)CN(Cc1ccccc1)Cc1ccccc1. The van der Waals surface area contributed by atoms with Gasteiger partial charge < -0.3 is 10.2 Å². The van der Waals surface area contributed by atoms with Crippen LogP contribution in [0.2, 0.25) is 0 Å². The Labute approximate surface area is 124 Å². The first-order valence-electron chi connectivity index (χ1n) is 6.86. The molecule has 0 unspecified atom stereocenters. The van der Waals surface area contributed by atoms with E-state index in [9.17, 15) is 9.90 Å². The van der Waals surface area contributed by atoms with Gasteiger partial charge in [-0.15, -0.1) is 0 Å². The van der Waals surface area contributed by atoms with Crippen molar-refractivity contribution in [3.63, 3.8) is 0 Å². The topological polar surface area (TPSA) is 60.8 Å². The third-order valence-corrected chi connectivity index (χ3v) is 3.21. The van der Waals surface area contributed by atoms with Crippen molar-refractivity contribution in [1.29, 1.82) is 0 Å². The maximum atomic E-state index is 10.9. The van der Waals surface area contributed by atoms with E-state index in [0.717, 1.165) is 11.1 Å². The van der Waals surface area contributed by atoms with E-state index in [4.69, 9.17) is 5.11 Å². The third kappa shape index (κ3) is 5.02. The quantitative estimate of drug-likeness (QED) is 0.818. The van der Waals surface area contributed by atoms with Crippen molar-refractivity contribution in [3.8, 4) is 0 Å². The van der Waals surface area contributed by atoms with Crippen molar-refractivity contribution in [2.75, 3.05) is 6.54 Å². The van der Waals surface area contributed by atoms with Crippen LogP contribution in [0, 0.1) is 0 Å². The number of aliphatic carboxylic acids is 1. The van der Waals surface area contributed by atoms with Crippen LogP contribution in [0.15, 0.2) is 60.7 Å². The molecule has 2 aromatic carbocycles. The molecule has 0 bridgehead atoms. The largest absolute Gasteiger partial charge is 0.479 e. The Morgan fingerprint density at radius 3 is 1.71 bits per heavy atom. The first-order valence-corrected chi connectivity index (χ1v) is 6.86. The van der Waals surface area contributed by atoms with Crippen molar-refractivity contribution in [2.24, 2.45) is 0 Å². The zero-order chi connectivity index (χ0) is 15.1. The lowest BCUT2D eigenvalue weighted by Crippen LogP contribution is -2.36. The molecule has 2 rings (SSSR count). The summed E-state index contributed by atoms with van der Waals surface area (Å²) in [5, 5.41) is 18.5. The first-order chi connectivity index (χ1) is 10.1. The Kier molecular flexibility index (Phi) is 5.49. The number of benzene rings is 2. The van der Waals surface area contributed by atoms with Gasteiger partial charge in [0.25, 0.3) is 0 Å². The summed E-state index contributed by atoms with van der Waals surface area (Å²) < 4.78 is 0. The first kappa shape index (κ1) is 15.2. The van der Waals surface area contributed by atoms with Crippen LogP contribution >= 0.6 is 0 Å². The average molecular weight is 285 g/mol. The van der Waals surface area contributed by atoms with E-state index in [-0.39, 0.29) is 6.54 Å². The second kappa shape index (κ2) is 7.57. The fourth-order valence-electron chi connectivity index (χ4n) is 2.19. The van der Waals surface area contributed by atoms with Gasteiger partial charge in [-0.2, -0.15) is 0 Å². The fraction of sp³-hybridized carbons (Fsp3) is 0.235. The van der Waals surface area contributed by atoms with E-state index in [1.807, 2.05) is 65.6 Å². The molecule has 0 saturated carbocycles. The van der Waals surface area contributed by atoms with Crippen LogP contribution in [0.4, 0.5) is 0 Å². The molecule has 0 amide bonds. The highest BCUT2D eigenvalue weighted by atomic mass is 16.4. The maximum absolute atomic E-state index is 10.9. The minimum Gasteiger partial charge on any atom is -0.479 e. The van der Waals surface area contributed by atoms with Crippen LogP contribution < -0.4 is 0 Å². The molecule has 0 heterocycles. The standard InChI is InChI=1S/C17H19NO3/c19-16(17(20)21)13-18(11-14-7-3-1-4-8-14)12-15-9-5-2-6-10-15/h1-10,16,19H,11-13H2,(H,20,21)/t16-/m0/s1.